The molecule has 0 atom stereocenters. The minimum Gasteiger partial charge on any atom is -0.444 e. The van der Waals surface area contributed by atoms with Gasteiger partial charge >= 0.3 is 0 Å². The largest absolute Gasteiger partial charge is 0.444 e. The first-order valence-electron chi connectivity index (χ1n) is 7.78. The van der Waals surface area contributed by atoms with Gasteiger partial charge in [0, 0.05) is 37.3 Å². The van der Waals surface area contributed by atoms with Crippen LogP contribution in [0.15, 0.2) is 22.6 Å². The Bertz CT molecular complexity index is 734. The van der Waals surface area contributed by atoms with Crippen LogP contribution >= 0.6 is 11.6 Å². The smallest absolute Gasteiger partial charge is 0.294 e. The molecule has 7 nitrogen and oxygen atoms in total. The zero-order valence-corrected chi connectivity index (χ0v) is 14.4. The van der Waals surface area contributed by atoms with E-state index >= 15 is 0 Å². The highest BCUT2D eigenvalue weighted by Crippen LogP contribution is 2.31. The molecule has 0 aliphatic carbocycles. The van der Waals surface area contributed by atoms with Crippen molar-refractivity contribution in [2.45, 2.75) is 20.4 Å². The van der Waals surface area contributed by atoms with Crippen LogP contribution in [0.3, 0.4) is 0 Å². The molecule has 128 valence electrons. The molecule has 2 heterocycles. The van der Waals surface area contributed by atoms with E-state index in [-0.39, 0.29) is 10.6 Å². The number of hydrogen-bond acceptors (Lipinski definition) is 6. The first-order valence-corrected chi connectivity index (χ1v) is 8.16. The van der Waals surface area contributed by atoms with Gasteiger partial charge in [0.15, 0.2) is 0 Å². The molecule has 1 aromatic heterocycles. The van der Waals surface area contributed by atoms with Crippen molar-refractivity contribution >= 4 is 23.0 Å². The summed E-state index contributed by atoms with van der Waals surface area (Å²) in [5.74, 6) is 1.57. The third kappa shape index (κ3) is 3.52. The lowest BCUT2D eigenvalue weighted by atomic mass is 10.2. The molecule has 2 aromatic rings. The van der Waals surface area contributed by atoms with E-state index in [4.69, 9.17) is 16.0 Å². The van der Waals surface area contributed by atoms with Crippen molar-refractivity contribution in [1.82, 2.24) is 9.88 Å². The van der Waals surface area contributed by atoms with Crippen LogP contribution in [0.1, 0.15) is 17.3 Å². The molecule has 1 saturated heterocycles. The predicted octanol–water partition coefficient (Wildman–Crippen LogP) is 3.18. The SMILES string of the molecule is Cc1nc(CN2CCN(c3ccc(Cl)cc3[N+](=O)[O-])CC2)oc1C. The minimum atomic E-state index is -0.383. The number of aryl methyl sites for hydroxylation is 2. The standard InChI is InChI=1S/C16H19ClN4O3/c1-11-12(2)24-16(18-11)10-19-5-7-20(8-6-19)14-4-3-13(17)9-15(14)21(22)23/h3-4,9H,5-8,10H2,1-2H3. The molecule has 24 heavy (non-hydrogen) atoms. The number of nitro groups is 1. The fourth-order valence-corrected chi connectivity index (χ4v) is 3.02. The third-order valence-electron chi connectivity index (χ3n) is 4.28. The maximum atomic E-state index is 11.2. The van der Waals surface area contributed by atoms with Crippen molar-refractivity contribution in [2.24, 2.45) is 0 Å². The van der Waals surface area contributed by atoms with E-state index in [1.807, 2.05) is 18.7 Å². The first-order chi connectivity index (χ1) is 11.4. The van der Waals surface area contributed by atoms with Crippen LogP contribution in [-0.2, 0) is 6.54 Å². The van der Waals surface area contributed by atoms with Gasteiger partial charge in [-0.15, -0.1) is 0 Å². The van der Waals surface area contributed by atoms with Crippen LogP contribution in [0.2, 0.25) is 5.02 Å². The molecule has 0 spiro atoms. The average Bonchev–Trinajstić information content (AvgIpc) is 2.86. The number of oxazole rings is 1. The van der Waals surface area contributed by atoms with Gasteiger partial charge in [0.1, 0.15) is 11.4 Å². The summed E-state index contributed by atoms with van der Waals surface area (Å²) in [6.07, 6.45) is 0. The van der Waals surface area contributed by atoms with Crippen molar-refractivity contribution in [3.63, 3.8) is 0 Å². The highest BCUT2D eigenvalue weighted by molar-refractivity contribution is 6.30. The number of nitrogens with zero attached hydrogens (tertiary/aromatic N) is 4. The molecular formula is C16H19ClN4O3. The predicted molar refractivity (Wildman–Crippen MR) is 91.6 cm³/mol. The Morgan fingerprint density at radius 2 is 2.00 bits per heavy atom. The molecule has 0 bridgehead atoms. The summed E-state index contributed by atoms with van der Waals surface area (Å²) in [6, 6.07) is 4.81. The van der Waals surface area contributed by atoms with E-state index in [1.54, 1.807) is 12.1 Å². The van der Waals surface area contributed by atoms with Gasteiger partial charge in [-0.2, -0.15) is 0 Å². The van der Waals surface area contributed by atoms with Gasteiger partial charge in [-0.05, 0) is 26.0 Å². The molecule has 3 rings (SSSR count). The van der Waals surface area contributed by atoms with Crippen LogP contribution in [0.4, 0.5) is 11.4 Å². The molecule has 8 heteroatoms. The van der Waals surface area contributed by atoms with E-state index in [0.29, 0.717) is 30.3 Å². The van der Waals surface area contributed by atoms with E-state index in [9.17, 15) is 10.1 Å². The Labute approximate surface area is 145 Å². The Morgan fingerprint density at radius 1 is 1.29 bits per heavy atom. The number of rotatable bonds is 4. The van der Waals surface area contributed by atoms with Gasteiger partial charge in [0.25, 0.3) is 5.69 Å². The monoisotopic (exact) mass is 350 g/mol. The third-order valence-corrected chi connectivity index (χ3v) is 4.51. The Hall–Kier alpha value is -2.12. The number of piperazine rings is 1. The number of anilines is 1. The molecule has 1 fully saturated rings. The van der Waals surface area contributed by atoms with E-state index < -0.39 is 0 Å². The maximum Gasteiger partial charge on any atom is 0.294 e. The average molecular weight is 351 g/mol. The number of hydrogen-bond donors (Lipinski definition) is 0. The summed E-state index contributed by atoms with van der Waals surface area (Å²) in [7, 11) is 0. The second kappa shape index (κ2) is 6.78. The topological polar surface area (TPSA) is 75.7 Å². The lowest BCUT2D eigenvalue weighted by molar-refractivity contribution is -0.384. The number of benzene rings is 1. The van der Waals surface area contributed by atoms with Gasteiger partial charge in [0.05, 0.1) is 17.2 Å². The summed E-state index contributed by atoms with van der Waals surface area (Å²) < 4.78 is 5.62. The molecular weight excluding hydrogens is 332 g/mol. The first kappa shape index (κ1) is 16.7. The van der Waals surface area contributed by atoms with Gasteiger partial charge in [-0.1, -0.05) is 11.6 Å². The molecule has 0 unspecified atom stereocenters. The molecule has 1 aliphatic rings. The number of aromatic nitrogens is 1. The molecule has 0 radical (unpaired) electrons. The highest BCUT2D eigenvalue weighted by Gasteiger charge is 2.24. The fourth-order valence-electron chi connectivity index (χ4n) is 2.86. The lowest BCUT2D eigenvalue weighted by Gasteiger charge is -2.35. The van der Waals surface area contributed by atoms with Gasteiger partial charge < -0.3 is 9.32 Å². The second-order valence-corrected chi connectivity index (χ2v) is 6.34. The Morgan fingerprint density at radius 3 is 2.58 bits per heavy atom. The van der Waals surface area contributed by atoms with E-state index in [1.165, 1.54) is 6.07 Å². The maximum absolute atomic E-state index is 11.2. The molecule has 0 amide bonds. The van der Waals surface area contributed by atoms with Crippen LogP contribution in [0.5, 0.6) is 0 Å². The Balaban J connectivity index is 1.66. The van der Waals surface area contributed by atoms with Gasteiger partial charge in [-0.25, -0.2) is 4.98 Å². The zero-order valence-electron chi connectivity index (χ0n) is 13.7. The number of halogens is 1. The Kier molecular flexibility index (Phi) is 4.73. The summed E-state index contributed by atoms with van der Waals surface area (Å²) in [6.45, 7) is 7.50. The number of nitro benzene ring substituents is 1. The quantitative estimate of drug-likeness (QED) is 0.622. The lowest BCUT2D eigenvalue weighted by Crippen LogP contribution is -2.46. The molecule has 1 aliphatic heterocycles. The second-order valence-electron chi connectivity index (χ2n) is 5.90. The van der Waals surface area contributed by atoms with Crippen molar-refractivity contribution < 1.29 is 9.34 Å². The molecule has 0 N–H and O–H groups in total. The fraction of sp³-hybridized carbons (Fsp3) is 0.438. The van der Waals surface area contributed by atoms with Gasteiger partial charge in [0.2, 0.25) is 5.89 Å². The normalized spacial score (nSPS) is 15.7. The summed E-state index contributed by atoms with van der Waals surface area (Å²) in [5.41, 5.74) is 1.59. The van der Waals surface area contributed by atoms with Crippen molar-refractivity contribution in [3.05, 3.63) is 50.7 Å². The minimum absolute atomic E-state index is 0.0508. The van der Waals surface area contributed by atoms with Crippen LogP contribution in [0, 0.1) is 24.0 Å². The summed E-state index contributed by atoms with van der Waals surface area (Å²) in [4.78, 5) is 19.5. The molecule has 0 saturated carbocycles. The van der Waals surface area contributed by atoms with E-state index in [0.717, 1.165) is 30.4 Å². The zero-order chi connectivity index (χ0) is 17.3. The van der Waals surface area contributed by atoms with Crippen LogP contribution in [-0.4, -0.2) is 41.0 Å². The van der Waals surface area contributed by atoms with Crippen LogP contribution in [0.25, 0.3) is 0 Å². The van der Waals surface area contributed by atoms with Crippen molar-refractivity contribution in [1.29, 1.82) is 0 Å². The highest BCUT2D eigenvalue weighted by atomic mass is 35.5. The van der Waals surface area contributed by atoms with Crippen LogP contribution < -0.4 is 4.90 Å². The van der Waals surface area contributed by atoms with Crippen molar-refractivity contribution in [3.8, 4) is 0 Å². The van der Waals surface area contributed by atoms with E-state index in [2.05, 4.69) is 9.88 Å². The molecule has 1 aromatic carbocycles. The van der Waals surface area contributed by atoms with Crippen molar-refractivity contribution in [2.75, 3.05) is 31.1 Å². The summed E-state index contributed by atoms with van der Waals surface area (Å²) in [5, 5.41) is 11.6. The summed E-state index contributed by atoms with van der Waals surface area (Å²) >= 11 is 5.88. The van der Waals surface area contributed by atoms with Gasteiger partial charge in [-0.3, -0.25) is 15.0 Å².